The molecule has 0 aromatic carbocycles. The van der Waals surface area contributed by atoms with Crippen molar-refractivity contribution < 1.29 is 10.2 Å². The van der Waals surface area contributed by atoms with Gasteiger partial charge in [-0.15, -0.1) is 0 Å². The largest absolute Gasteiger partial charge is 0.392 e. The molecule has 3 heteroatoms. The monoisotopic (exact) mass is 229 g/mol. The quantitative estimate of drug-likeness (QED) is 0.629. The molecule has 1 unspecified atom stereocenters. The van der Waals surface area contributed by atoms with Crippen molar-refractivity contribution in [2.45, 2.75) is 64.1 Å². The average molecular weight is 229 g/mol. The first-order valence-corrected chi connectivity index (χ1v) is 6.65. The van der Waals surface area contributed by atoms with Gasteiger partial charge in [0.2, 0.25) is 0 Å². The second kappa shape index (κ2) is 6.58. The zero-order valence-electron chi connectivity index (χ0n) is 10.7. The van der Waals surface area contributed by atoms with Crippen molar-refractivity contribution in [3.05, 3.63) is 0 Å². The zero-order chi connectivity index (χ0) is 12.0. The standard InChI is InChI=1S/C13H27NO2/c1-11(2)12(15)9-14-10-13(16)7-5-3-4-6-8-13/h11-12,14-16H,3-10H2,1-2H3. The number of hydrogen-bond donors (Lipinski definition) is 3. The molecule has 1 fully saturated rings. The second-order valence-electron chi connectivity index (χ2n) is 5.58. The lowest BCUT2D eigenvalue weighted by Crippen LogP contribution is -2.43. The molecule has 0 bridgehead atoms. The molecule has 16 heavy (non-hydrogen) atoms. The van der Waals surface area contributed by atoms with E-state index in [1.54, 1.807) is 0 Å². The van der Waals surface area contributed by atoms with Gasteiger partial charge in [-0.05, 0) is 18.8 Å². The van der Waals surface area contributed by atoms with Crippen LogP contribution in [0.4, 0.5) is 0 Å². The number of nitrogens with one attached hydrogen (secondary N) is 1. The summed E-state index contributed by atoms with van der Waals surface area (Å²) in [6.45, 7) is 5.22. The summed E-state index contributed by atoms with van der Waals surface area (Å²) in [5.41, 5.74) is -0.535. The molecular weight excluding hydrogens is 202 g/mol. The Kier molecular flexibility index (Phi) is 5.73. The summed E-state index contributed by atoms with van der Waals surface area (Å²) in [7, 11) is 0. The lowest BCUT2D eigenvalue weighted by Gasteiger charge is -2.28. The van der Waals surface area contributed by atoms with Crippen LogP contribution >= 0.6 is 0 Å². The van der Waals surface area contributed by atoms with Crippen LogP contribution in [0, 0.1) is 5.92 Å². The molecular formula is C13H27NO2. The first-order valence-electron chi connectivity index (χ1n) is 6.65. The number of rotatable bonds is 5. The molecule has 1 rings (SSSR count). The van der Waals surface area contributed by atoms with E-state index in [2.05, 4.69) is 5.32 Å². The van der Waals surface area contributed by atoms with Crippen molar-refractivity contribution in [1.82, 2.24) is 5.32 Å². The molecule has 1 saturated carbocycles. The van der Waals surface area contributed by atoms with Gasteiger partial charge in [-0.3, -0.25) is 0 Å². The summed E-state index contributed by atoms with van der Waals surface area (Å²) in [6, 6.07) is 0. The highest BCUT2D eigenvalue weighted by atomic mass is 16.3. The molecule has 3 nitrogen and oxygen atoms in total. The van der Waals surface area contributed by atoms with Crippen LogP contribution in [0.2, 0.25) is 0 Å². The van der Waals surface area contributed by atoms with Crippen molar-refractivity contribution >= 4 is 0 Å². The van der Waals surface area contributed by atoms with E-state index in [1.165, 1.54) is 12.8 Å². The van der Waals surface area contributed by atoms with Crippen molar-refractivity contribution in [3.63, 3.8) is 0 Å². The molecule has 0 heterocycles. The molecule has 0 spiro atoms. The van der Waals surface area contributed by atoms with Crippen molar-refractivity contribution in [2.24, 2.45) is 5.92 Å². The van der Waals surface area contributed by atoms with Gasteiger partial charge in [0.05, 0.1) is 11.7 Å². The molecule has 0 saturated heterocycles. The maximum absolute atomic E-state index is 10.4. The minimum Gasteiger partial charge on any atom is -0.392 e. The van der Waals surface area contributed by atoms with Crippen LogP contribution < -0.4 is 5.32 Å². The molecule has 0 aromatic rings. The van der Waals surface area contributed by atoms with Crippen LogP contribution in [0.25, 0.3) is 0 Å². The molecule has 3 N–H and O–H groups in total. The van der Waals surface area contributed by atoms with Crippen LogP contribution in [-0.2, 0) is 0 Å². The summed E-state index contributed by atoms with van der Waals surface area (Å²) >= 11 is 0. The summed E-state index contributed by atoms with van der Waals surface area (Å²) in [6.07, 6.45) is 6.24. The topological polar surface area (TPSA) is 52.5 Å². The van der Waals surface area contributed by atoms with E-state index in [-0.39, 0.29) is 12.0 Å². The first-order chi connectivity index (χ1) is 7.53. The fourth-order valence-corrected chi connectivity index (χ4v) is 2.25. The van der Waals surface area contributed by atoms with Crippen molar-refractivity contribution in [1.29, 1.82) is 0 Å². The Morgan fingerprint density at radius 1 is 1.12 bits per heavy atom. The van der Waals surface area contributed by atoms with Crippen molar-refractivity contribution in [3.8, 4) is 0 Å². The lowest BCUT2D eigenvalue weighted by molar-refractivity contribution is 0.0206. The van der Waals surface area contributed by atoms with Gasteiger partial charge in [-0.25, -0.2) is 0 Å². The molecule has 1 aliphatic rings. The third-order valence-corrected chi connectivity index (χ3v) is 3.61. The van der Waals surface area contributed by atoms with Crippen LogP contribution in [-0.4, -0.2) is 35.0 Å². The van der Waals surface area contributed by atoms with Gasteiger partial charge in [0, 0.05) is 13.1 Å². The number of hydrogen-bond acceptors (Lipinski definition) is 3. The van der Waals surface area contributed by atoms with Crippen LogP contribution in [0.5, 0.6) is 0 Å². The van der Waals surface area contributed by atoms with Gasteiger partial charge in [-0.1, -0.05) is 39.5 Å². The van der Waals surface area contributed by atoms with E-state index in [0.29, 0.717) is 13.1 Å². The Morgan fingerprint density at radius 3 is 2.19 bits per heavy atom. The highest BCUT2D eigenvalue weighted by molar-refractivity contribution is 4.83. The Morgan fingerprint density at radius 2 is 1.69 bits per heavy atom. The fourth-order valence-electron chi connectivity index (χ4n) is 2.25. The van der Waals surface area contributed by atoms with E-state index in [4.69, 9.17) is 0 Å². The Balaban J connectivity index is 2.24. The fraction of sp³-hybridized carbons (Fsp3) is 1.00. The van der Waals surface area contributed by atoms with E-state index >= 15 is 0 Å². The molecule has 1 aliphatic carbocycles. The Hall–Kier alpha value is -0.120. The second-order valence-corrected chi connectivity index (χ2v) is 5.58. The summed E-state index contributed by atoms with van der Waals surface area (Å²) in [4.78, 5) is 0. The Bertz CT molecular complexity index is 186. The maximum atomic E-state index is 10.4. The molecule has 0 aromatic heterocycles. The highest BCUT2D eigenvalue weighted by Crippen LogP contribution is 2.26. The Labute approximate surface area is 99.3 Å². The first kappa shape index (κ1) is 13.9. The van der Waals surface area contributed by atoms with Crippen LogP contribution in [0.15, 0.2) is 0 Å². The van der Waals surface area contributed by atoms with E-state index in [1.807, 2.05) is 13.8 Å². The summed E-state index contributed by atoms with van der Waals surface area (Å²) < 4.78 is 0. The predicted octanol–water partition coefficient (Wildman–Crippen LogP) is 1.68. The van der Waals surface area contributed by atoms with Crippen molar-refractivity contribution in [2.75, 3.05) is 13.1 Å². The zero-order valence-corrected chi connectivity index (χ0v) is 10.7. The van der Waals surface area contributed by atoms with Gasteiger partial charge in [0.15, 0.2) is 0 Å². The van der Waals surface area contributed by atoms with E-state index in [9.17, 15) is 10.2 Å². The normalized spacial score (nSPS) is 23.1. The minimum absolute atomic E-state index is 0.274. The smallest absolute Gasteiger partial charge is 0.0771 e. The third kappa shape index (κ3) is 4.81. The maximum Gasteiger partial charge on any atom is 0.0771 e. The van der Waals surface area contributed by atoms with E-state index < -0.39 is 5.60 Å². The molecule has 96 valence electrons. The molecule has 0 amide bonds. The van der Waals surface area contributed by atoms with Crippen LogP contribution in [0.3, 0.4) is 0 Å². The van der Waals surface area contributed by atoms with Gasteiger partial charge in [0.1, 0.15) is 0 Å². The number of aliphatic hydroxyl groups is 2. The van der Waals surface area contributed by atoms with Crippen LogP contribution in [0.1, 0.15) is 52.4 Å². The van der Waals surface area contributed by atoms with Gasteiger partial charge in [0.25, 0.3) is 0 Å². The minimum atomic E-state index is -0.535. The third-order valence-electron chi connectivity index (χ3n) is 3.61. The predicted molar refractivity (Wildman–Crippen MR) is 66.4 cm³/mol. The lowest BCUT2D eigenvalue weighted by atomic mass is 9.94. The van der Waals surface area contributed by atoms with Gasteiger partial charge in [-0.2, -0.15) is 0 Å². The summed E-state index contributed by atoms with van der Waals surface area (Å²) in [5, 5.41) is 23.2. The molecule has 1 atom stereocenters. The average Bonchev–Trinajstić information content (AvgIpc) is 2.43. The number of aliphatic hydroxyl groups excluding tert-OH is 1. The van der Waals surface area contributed by atoms with Gasteiger partial charge < -0.3 is 15.5 Å². The van der Waals surface area contributed by atoms with E-state index in [0.717, 1.165) is 25.7 Å². The summed E-state index contributed by atoms with van der Waals surface area (Å²) in [5.74, 6) is 0.274. The molecule has 0 aliphatic heterocycles. The SMILES string of the molecule is CC(C)C(O)CNCC1(O)CCCCCC1. The van der Waals surface area contributed by atoms with Gasteiger partial charge >= 0.3 is 0 Å². The molecule has 0 radical (unpaired) electrons. The highest BCUT2D eigenvalue weighted by Gasteiger charge is 2.27.